The van der Waals surface area contributed by atoms with Crippen LogP contribution in [0.25, 0.3) is 0 Å². The second-order valence-electron chi connectivity index (χ2n) is 5.64. The summed E-state index contributed by atoms with van der Waals surface area (Å²) in [6.45, 7) is 1.66. The van der Waals surface area contributed by atoms with Crippen molar-refractivity contribution >= 4 is 17.3 Å². The molecule has 142 valence electrons. The Morgan fingerprint density at radius 3 is 2.81 bits per heavy atom. The van der Waals surface area contributed by atoms with Crippen LogP contribution >= 0.6 is 11.3 Å². The van der Waals surface area contributed by atoms with Crippen molar-refractivity contribution in [1.29, 1.82) is 0 Å². The molecule has 0 aromatic carbocycles. The number of hydrogen-bond acceptors (Lipinski definition) is 4. The van der Waals surface area contributed by atoms with Crippen LogP contribution in [-0.4, -0.2) is 37.3 Å². The lowest BCUT2D eigenvalue weighted by atomic mass is 10.1. The number of aliphatic imine (C=N–C) groups is 1. The molecule has 2 rings (SSSR count). The molecular formula is C17H21F3N4OS. The number of hydrogen-bond donors (Lipinski definition) is 2. The van der Waals surface area contributed by atoms with E-state index in [4.69, 9.17) is 4.74 Å². The number of pyridine rings is 1. The van der Waals surface area contributed by atoms with Gasteiger partial charge in [0.15, 0.2) is 12.6 Å². The Morgan fingerprint density at radius 1 is 1.35 bits per heavy atom. The van der Waals surface area contributed by atoms with Gasteiger partial charge in [-0.3, -0.25) is 4.99 Å². The fraction of sp³-hybridized carbons (Fsp3) is 0.412. The Labute approximate surface area is 154 Å². The summed E-state index contributed by atoms with van der Waals surface area (Å²) in [6.07, 6.45) is -3.01. The molecule has 0 amide bonds. The highest BCUT2D eigenvalue weighted by Gasteiger charge is 2.29. The van der Waals surface area contributed by atoms with Gasteiger partial charge >= 0.3 is 6.18 Å². The van der Waals surface area contributed by atoms with E-state index in [1.807, 2.05) is 5.38 Å². The van der Waals surface area contributed by atoms with Crippen LogP contribution < -0.4 is 15.4 Å². The van der Waals surface area contributed by atoms with Crippen molar-refractivity contribution < 1.29 is 17.9 Å². The smallest absolute Gasteiger partial charge is 0.422 e. The Balaban J connectivity index is 1.88. The van der Waals surface area contributed by atoms with Crippen LogP contribution in [0.4, 0.5) is 13.2 Å². The number of ether oxygens (including phenoxy) is 1. The van der Waals surface area contributed by atoms with Gasteiger partial charge in [-0.1, -0.05) is 13.0 Å². The summed E-state index contributed by atoms with van der Waals surface area (Å²) in [4.78, 5) is 8.00. The van der Waals surface area contributed by atoms with Gasteiger partial charge in [-0.25, -0.2) is 4.98 Å². The summed E-state index contributed by atoms with van der Waals surface area (Å²) in [5.41, 5.74) is 1.76. The molecule has 2 aromatic rings. The predicted octanol–water partition coefficient (Wildman–Crippen LogP) is 3.55. The second-order valence-corrected chi connectivity index (χ2v) is 6.42. The van der Waals surface area contributed by atoms with Crippen molar-refractivity contribution in [3.63, 3.8) is 0 Å². The number of aromatic nitrogens is 1. The van der Waals surface area contributed by atoms with E-state index in [0.29, 0.717) is 24.0 Å². The number of alkyl halides is 3. The molecule has 0 fully saturated rings. The summed E-state index contributed by atoms with van der Waals surface area (Å²) >= 11 is 1.65. The normalized spacial score (nSPS) is 13.3. The third-order valence-electron chi connectivity index (χ3n) is 3.58. The van der Waals surface area contributed by atoms with Crippen LogP contribution in [0.1, 0.15) is 24.0 Å². The first-order valence-corrected chi connectivity index (χ1v) is 8.93. The van der Waals surface area contributed by atoms with Crippen molar-refractivity contribution in [2.45, 2.75) is 25.6 Å². The standard InChI is InChI=1S/C17H21F3N4OS/c1-12(14-5-7-26-10-14)8-23-16(21-2)24-9-13-4-3-6-22-15(13)25-11-17(18,19)20/h3-7,10,12H,8-9,11H2,1-2H3,(H2,21,23,24). The van der Waals surface area contributed by atoms with Crippen LogP contribution in [0.2, 0.25) is 0 Å². The SMILES string of the molecule is CN=C(NCc1cccnc1OCC(F)(F)F)NCC(C)c1ccsc1. The first kappa shape index (κ1) is 20.0. The molecule has 0 aliphatic heterocycles. The summed E-state index contributed by atoms with van der Waals surface area (Å²) in [5.74, 6) is 0.820. The predicted molar refractivity (Wildman–Crippen MR) is 96.7 cm³/mol. The van der Waals surface area contributed by atoms with Crippen LogP contribution in [0, 0.1) is 0 Å². The molecule has 2 heterocycles. The Bertz CT molecular complexity index is 704. The van der Waals surface area contributed by atoms with Gasteiger partial charge in [0.2, 0.25) is 5.88 Å². The average Bonchev–Trinajstić information content (AvgIpc) is 3.14. The molecule has 1 atom stereocenters. The van der Waals surface area contributed by atoms with Gasteiger partial charge in [0.05, 0.1) is 0 Å². The van der Waals surface area contributed by atoms with Crippen LogP contribution in [0.15, 0.2) is 40.1 Å². The number of rotatable bonds is 7. The molecule has 0 radical (unpaired) electrons. The average molecular weight is 386 g/mol. The summed E-state index contributed by atoms with van der Waals surface area (Å²) in [7, 11) is 1.63. The molecule has 0 aliphatic carbocycles. The van der Waals surface area contributed by atoms with Gasteiger partial charge in [-0.15, -0.1) is 0 Å². The highest BCUT2D eigenvalue weighted by molar-refractivity contribution is 7.07. The Hall–Kier alpha value is -2.29. The van der Waals surface area contributed by atoms with E-state index in [-0.39, 0.29) is 12.4 Å². The minimum absolute atomic E-state index is 0.0422. The van der Waals surface area contributed by atoms with Crippen molar-refractivity contribution in [2.24, 2.45) is 4.99 Å². The van der Waals surface area contributed by atoms with Gasteiger partial charge in [0.25, 0.3) is 0 Å². The fourth-order valence-electron chi connectivity index (χ4n) is 2.16. The molecule has 0 saturated heterocycles. The zero-order valence-corrected chi connectivity index (χ0v) is 15.3. The van der Waals surface area contributed by atoms with Crippen LogP contribution in [0.5, 0.6) is 5.88 Å². The molecule has 1 unspecified atom stereocenters. The van der Waals surface area contributed by atoms with E-state index in [9.17, 15) is 13.2 Å². The topological polar surface area (TPSA) is 58.5 Å². The maximum atomic E-state index is 12.3. The summed E-state index contributed by atoms with van der Waals surface area (Å²) in [5, 5.41) is 10.4. The number of guanidine groups is 1. The van der Waals surface area contributed by atoms with Gasteiger partial charge in [0.1, 0.15) is 0 Å². The molecule has 5 nitrogen and oxygen atoms in total. The van der Waals surface area contributed by atoms with Gasteiger partial charge in [0, 0.05) is 31.9 Å². The lowest BCUT2D eigenvalue weighted by Crippen LogP contribution is -2.38. The van der Waals surface area contributed by atoms with Gasteiger partial charge in [-0.2, -0.15) is 24.5 Å². The molecular weight excluding hydrogens is 365 g/mol. The Kier molecular flexibility index (Phi) is 7.26. The summed E-state index contributed by atoms with van der Waals surface area (Å²) < 4.78 is 41.8. The highest BCUT2D eigenvalue weighted by atomic mass is 32.1. The number of nitrogens with zero attached hydrogens (tertiary/aromatic N) is 2. The maximum Gasteiger partial charge on any atom is 0.422 e. The maximum absolute atomic E-state index is 12.3. The lowest BCUT2D eigenvalue weighted by Gasteiger charge is -2.16. The van der Waals surface area contributed by atoms with Crippen LogP contribution in [0.3, 0.4) is 0 Å². The zero-order chi connectivity index (χ0) is 19.0. The molecule has 2 N–H and O–H groups in total. The lowest BCUT2D eigenvalue weighted by molar-refractivity contribution is -0.154. The van der Waals surface area contributed by atoms with Crippen molar-refractivity contribution in [3.8, 4) is 5.88 Å². The minimum Gasteiger partial charge on any atom is -0.468 e. The zero-order valence-electron chi connectivity index (χ0n) is 14.5. The molecule has 0 spiro atoms. The van der Waals surface area contributed by atoms with Crippen molar-refractivity contribution in [1.82, 2.24) is 15.6 Å². The van der Waals surface area contributed by atoms with E-state index >= 15 is 0 Å². The van der Waals surface area contributed by atoms with Gasteiger partial charge in [-0.05, 0) is 34.4 Å². The minimum atomic E-state index is -4.41. The molecule has 9 heteroatoms. The summed E-state index contributed by atoms with van der Waals surface area (Å²) in [6, 6.07) is 5.38. The van der Waals surface area contributed by atoms with Crippen molar-refractivity contribution in [2.75, 3.05) is 20.2 Å². The fourth-order valence-corrected chi connectivity index (χ4v) is 2.94. The van der Waals surface area contributed by atoms with Crippen LogP contribution in [-0.2, 0) is 6.54 Å². The van der Waals surface area contributed by atoms with E-state index in [1.165, 1.54) is 11.8 Å². The van der Waals surface area contributed by atoms with Gasteiger partial charge < -0.3 is 15.4 Å². The van der Waals surface area contributed by atoms with Crippen molar-refractivity contribution in [3.05, 3.63) is 46.3 Å². The third-order valence-corrected chi connectivity index (χ3v) is 4.28. The van der Waals surface area contributed by atoms with E-state index in [2.05, 4.69) is 39.0 Å². The number of thiophene rings is 1. The number of nitrogens with one attached hydrogen (secondary N) is 2. The molecule has 0 bridgehead atoms. The molecule has 0 saturated carbocycles. The number of halogens is 3. The first-order chi connectivity index (χ1) is 12.4. The Morgan fingerprint density at radius 2 is 2.15 bits per heavy atom. The highest BCUT2D eigenvalue weighted by Crippen LogP contribution is 2.20. The molecule has 26 heavy (non-hydrogen) atoms. The van der Waals surface area contributed by atoms with E-state index in [1.54, 1.807) is 30.5 Å². The second kappa shape index (κ2) is 9.42. The third kappa shape index (κ3) is 6.55. The monoisotopic (exact) mass is 386 g/mol. The largest absolute Gasteiger partial charge is 0.468 e. The molecule has 0 aliphatic rings. The molecule has 2 aromatic heterocycles. The quantitative estimate of drug-likeness (QED) is 0.564. The van der Waals surface area contributed by atoms with E-state index in [0.717, 1.165) is 0 Å². The first-order valence-electron chi connectivity index (χ1n) is 7.99. The van der Waals surface area contributed by atoms with E-state index < -0.39 is 12.8 Å².